The van der Waals surface area contributed by atoms with Gasteiger partial charge in [0.2, 0.25) is 5.78 Å². The van der Waals surface area contributed by atoms with Gasteiger partial charge < -0.3 is 5.11 Å². The molecule has 0 aromatic heterocycles. The Hall–Kier alpha value is -1.86. The number of allylic oxidation sites excluding steroid dienone is 5. The van der Waals surface area contributed by atoms with Crippen LogP contribution in [-0.2, 0) is 9.59 Å². The summed E-state index contributed by atoms with van der Waals surface area (Å²) in [6, 6.07) is 0. The Kier molecular flexibility index (Phi) is 3.01. The van der Waals surface area contributed by atoms with E-state index in [1.54, 1.807) is 30.4 Å². The van der Waals surface area contributed by atoms with Gasteiger partial charge in [0.25, 0.3) is 0 Å². The molecule has 0 aromatic carbocycles. The van der Waals surface area contributed by atoms with Gasteiger partial charge in [-0.3, -0.25) is 4.79 Å². The number of hydrogen-bond acceptors (Lipinski definition) is 2. The van der Waals surface area contributed by atoms with Gasteiger partial charge in [0.1, 0.15) is 0 Å². The van der Waals surface area contributed by atoms with E-state index in [2.05, 4.69) is 5.73 Å². The highest BCUT2D eigenvalue weighted by Gasteiger charge is 2.11. The largest absolute Gasteiger partial charge is 0.475 e. The minimum Gasteiger partial charge on any atom is -0.475 e. The standard InChI is InChI=1S/C10H8O3/c11-9(10(12)13)7-8-5-3-1-2-4-6-8/h1,3-6H,7H2,(H,12,13). The van der Waals surface area contributed by atoms with Crippen LogP contribution in [0.25, 0.3) is 0 Å². The third-order valence-electron chi connectivity index (χ3n) is 1.50. The predicted molar refractivity (Wildman–Crippen MR) is 47.1 cm³/mol. The van der Waals surface area contributed by atoms with E-state index in [0.29, 0.717) is 5.57 Å². The van der Waals surface area contributed by atoms with Crippen LogP contribution >= 0.6 is 0 Å². The van der Waals surface area contributed by atoms with Gasteiger partial charge in [0.15, 0.2) is 0 Å². The van der Waals surface area contributed by atoms with Crippen molar-refractivity contribution in [3.8, 4) is 0 Å². The van der Waals surface area contributed by atoms with Crippen LogP contribution in [0.3, 0.4) is 0 Å². The Morgan fingerprint density at radius 2 is 2.15 bits per heavy atom. The van der Waals surface area contributed by atoms with E-state index >= 15 is 0 Å². The Morgan fingerprint density at radius 3 is 2.85 bits per heavy atom. The zero-order valence-electron chi connectivity index (χ0n) is 6.86. The number of carbonyl (C=O) groups is 2. The van der Waals surface area contributed by atoms with E-state index in [9.17, 15) is 9.59 Å². The lowest BCUT2D eigenvalue weighted by Crippen LogP contribution is -2.12. The maximum atomic E-state index is 10.8. The third kappa shape index (κ3) is 2.93. The van der Waals surface area contributed by atoms with Gasteiger partial charge in [-0.1, -0.05) is 18.2 Å². The maximum Gasteiger partial charge on any atom is 0.372 e. The molecule has 0 bridgehead atoms. The molecule has 1 N–H and O–H groups in total. The smallest absolute Gasteiger partial charge is 0.372 e. The molecule has 0 unspecified atom stereocenters. The second-order valence-corrected chi connectivity index (χ2v) is 2.51. The molecular weight excluding hydrogens is 168 g/mol. The number of hydrogen-bond donors (Lipinski definition) is 1. The van der Waals surface area contributed by atoms with Crippen LogP contribution in [0, 0.1) is 0 Å². The summed E-state index contributed by atoms with van der Waals surface area (Å²) in [4.78, 5) is 21.0. The third-order valence-corrected chi connectivity index (χ3v) is 1.50. The Morgan fingerprint density at radius 1 is 1.38 bits per heavy atom. The Labute approximate surface area is 75.4 Å². The van der Waals surface area contributed by atoms with E-state index in [0.717, 1.165) is 0 Å². The van der Waals surface area contributed by atoms with Gasteiger partial charge in [-0.05, 0) is 17.7 Å². The number of ketones is 1. The molecule has 3 heteroatoms. The summed E-state index contributed by atoms with van der Waals surface area (Å²) in [5.74, 6) is -2.19. The minimum absolute atomic E-state index is 0.0716. The van der Waals surface area contributed by atoms with Crippen LogP contribution in [-0.4, -0.2) is 16.9 Å². The van der Waals surface area contributed by atoms with Gasteiger partial charge in [-0.25, -0.2) is 4.79 Å². The van der Waals surface area contributed by atoms with Crippen molar-refractivity contribution >= 4 is 11.8 Å². The monoisotopic (exact) mass is 176 g/mol. The lowest BCUT2D eigenvalue weighted by Gasteiger charge is -1.95. The highest BCUT2D eigenvalue weighted by molar-refractivity contribution is 6.33. The fourth-order valence-electron chi connectivity index (χ4n) is 0.872. The number of carboxylic acid groups (broad SMARTS) is 1. The number of carboxylic acids is 1. The van der Waals surface area contributed by atoms with Gasteiger partial charge in [-0.15, -0.1) is 5.73 Å². The SMILES string of the molecule is O=C(O)C(=O)CC1=CC=C=CC=C1. The second kappa shape index (κ2) is 4.24. The molecule has 0 amide bonds. The molecule has 1 aliphatic carbocycles. The highest BCUT2D eigenvalue weighted by atomic mass is 16.4. The average molecular weight is 176 g/mol. The Bertz CT molecular complexity index is 352. The topological polar surface area (TPSA) is 54.4 Å². The zero-order chi connectivity index (χ0) is 9.68. The number of Topliss-reactive ketones (excluding diaryl/α,β-unsaturated/α-hetero) is 1. The average Bonchev–Trinajstić information content (AvgIpc) is 2.32. The molecule has 0 heterocycles. The molecule has 66 valence electrons. The second-order valence-electron chi connectivity index (χ2n) is 2.51. The number of carbonyl (C=O) groups excluding carboxylic acids is 1. The van der Waals surface area contributed by atoms with E-state index in [4.69, 9.17) is 5.11 Å². The van der Waals surface area contributed by atoms with Gasteiger partial charge in [0, 0.05) is 6.42 Å². The van der Waals surface area contributed by atoms with Gasteiger partial charge in [0.05, 0.1) is 0 Å². The molecule has 0 spiro atoms. The number of rotatable bonds is 3. The van der Waals surface area contributed by atoms with Crippen LogP contribution in [0.2, 0.25) is 0 Å². The zero-order valence-corrected chi connectivity index (χ0v) is 6.86. The summed E-state index contributed by atoms with van der Waals surface area (Å²) in [5, 5.41) is 8.35. The summed E-state index contributed by atoms with van der Waals surface area (Å²) in [6.45, 7) is 0. The van der Waals surface area contributed by atoms with Crippen LogP contribution in [0.15, 0.2) is 41.7 Å². The summed E-state index contributed by atoms with van der Waals surface area (Å²) >= 11 is 0. The molecule has 0 atom stereocenters. The van der Waals surface area contributed by atoms with Crippen molar-refractivity contribution < 1.29 is 14.7 Å². The summed E-state index contributed by atoms with van der Waals surface area (Å²) < 4.78 is 0. The first-order chi connectivity index (χ1) is 6.20. The predicted octanol–water partition coefficient (Wildman–Crippen LogP) is 1.24. The van der Waals surface area contributed by atoms with Crippen LogP contribution < -0.4 is 0 Å². The van der Waals surface area contributed by atoms with Crippen molar-refractivity contribution in [2.45, 2.75) is 6.42 Å². The quantitative estimate of drug-likeness (QED) is 0.520. The molecule has 0 aliphatic heterocycles. The first kappa shape index (κ1) is 9.23. The molecule has 3 nitrogen and oxygen atoms in total. The van der Waals surface area contributed by atoms with Crippen molar-refractivity contribution in [3.05, 3.63) is 41.7 Å². The van der Waals surface area contributed by atoms with Gasteiger partial charge in [-0.2, -0.15) is 0 Å². The lowest BCUT2D eigenvalue weighted by atomic mass is 10.1. The van der Waals surface area contributed by atoms with E-state index in [1.807, 2.05) is 0 Å². The summed E-state index contributed by atoms with van der Waals surface area (Å²) in [7, 11) is 0. The molecule has 0 radical (unpaired) electrons. The maximum absolute atomic E-state index is 10.8. The van der Waals surface area contributed by atoms with E-state index in [-0.39, 0.29) is 6.42 Å². The molecular formula is C10H8O3. The highest BCUT2D eigenvalue weighted by Crippen LogP contribution is 2.06. The van der Waals surface area contributed by atoms with Crippen molar-refractivity contribution in [1.29, 1.82) is 0 Å². The molecule has 13 heavy (non-hydrogen) atoms. The fraction of sp³-hybridized carbons (Fsp3) is 0.100. The van der Waals surface area contributed by atoms with Crippen molar-refractivity contribution in [1.82, 2.24) is 0 Å². The molecule has 0 saturated heterocycles. The first-order valence-corrected chi connectivity index (χ1v) is 3.74. The Balaban J connectivity index is 2.66. The van der Waals surface area contributed by atoms with Crippen molar-refractivity contribution in [2.75, 3.05) is 0 Å². The fourth-order valence-corrected chi connectivity index (χ4v) is 0.872. The normalized spacial score (nSPS) is 13.7. The molecule has 0 aromatic rings. The lowest BCUT2D eigenvalue weighted by molar-refractivity contribution is -0.148. The first-order valence-electron chi connectivity index (χ1n) is 3.74. The summed E-state index contributed by atoms with van der Waals surface area (Å²) in [5.41, 5.74) is 3.48. The van der Waals surface area contributed by atoms with Crippen LogP contribution in [0.1, 0.15) is 6.42 Å². The molecule has 1 rings (SSSR count). The summed E-state index contributed by atoms with van der Waals surface area (Å²) in [6.07, 6.45) is 8.33. The van der Waals surface area contributed by atoms with Crippen LogP contribution in [0.5, 0.6) is 0 Å². The van der Waals surface area contributed by atoms with Crippen LogP contribution in [0.4, 0.5) is 0 Å². The van der Waals surface area contributed by atoms with E-state index in [1.165, 1.54) is 0 Å². The molecule has 0 fully saturated rings. The van der Waals surface area contributed by atoms with Crippen molar-refractivity contribution in [2.24, 2.45) is 0 Å². The van der Waals surface area contributed by atoms with Crippen molar-refractivity contribution in [3.63, 3.8) is 0 Å². The molecule has 0 saturated carbocycles. The van der Waals surface area contributed by atoms with E-state index < -0.39 is 11.8 Å². The molecule has 1 aliphatic rings. The number of aliphatic carboxylic acids is 1. The van der Waals surface area contributed by atoms with Gasteiger partial charge >= 0.3 is 5.97 Å². The minimum atomic E-state index is -1.39.